The molecule has 1 heterocycles. The quantitative estimate of drug-likeness (QED) is 0.693. The number of likely N-dealkylation sites (N-methyl/N-ethyl adjacent to an activating group) is 1. The first kappa shape index (κ1) is 22.6. The lowest BCUT2D eigenvalue weighted by atomic mass is 10.1. The number of ether oxygens (including phenoxy) is 1. The number of amides is 3. The van der Waals surface area contributed by atoms with E-state index in [0.717, 1.165) is 19.5 Å². The third-order valence-electron chi connectivity index (χ3n) is 5.83. The molecule has 1 aliphatic rings. The molecule has 0 bridgehead atoms. The molecular formula is C24H32N4O3. The number of urea groups is 1. The second-order valence-electron chi connectivity index (χ2n) is 7.84. The van der Waals surface area contributed by atoms with Gasteiger partial charge in [-0.1, -0.05) is 30.3 Å². The van der Waals surface area contributed by atoms with Crippen LogP contribution in [0.15, 0.2) is 48.5 Å². The molecule has 0 aliphatic carbocycles. The second kappa shape index (κ2) is 10.3. The lowest BCUT2D eigenvalue weighted by molar-refractivity contribution is -0.114. The van der Waals surface area contributed by atoms with E-state index in [1.165, 1.54) is 19.6 Å². The maximum atomic E-state index is 13.0. The number of hydrogen-bond donors (Lipinski definition) is 2. The van der Waals surface area contributed by atoms with Gasteiger partial charge in [-0.25, -0.2) is 4.79 Å². The molecule has 3 amide bonds. The number of carbonyl (C=O) groups is 2. The Hall–Kier alpha value is -3.06. The van der Waals surface area contributed by atoms with Crippen molar-refractivity contribution in [2.75, 3.05) is 37.4 Å². The van der Waals surface area contributed by atoms with Crippen LogP contribution in [-0.4, -0.2) is 54.5 Å². The Kier molecular flexibility index (Phi) is 7.52. The van der Waals surface area contributed by atoms with Gasteiger partial charge < -0.3 is 20.3 Å². The van der Waals surface area contributed by atoms with Crippen LogP contribution in [0.3, 0.4) is 0 Å². The fourth-order valence-electron chi connectivity index (χ4n) is 4.14. The van der Waals surface area contributed by atoms with Crippen molar-refractivity contribution in [3.63, 3.8) is 0 Å². The minimum atomic E-state index is -0.178. The van der Waals surface area contributed by atoms with Crippen LogP contribution in [0.5, 0.6) is 5.75 Å². The minimum absolute atomic E-state index is 0.129. The van der Waals surface area contributed by atoms with Gasteiger partial charge in [0.2, 0.25) is 5.91 Å². The van der Waals surface area contributed by atoms with Crippen LogP contribution in [0.25, 0.3) is 0 Å². The Labute approximate surface area is 184 Å². The van der Waals surface area contributed by atoms with Crippen LogP contribution in [0.1, 0.15) is 38.8 Å². The van der Waals surface area contributed by atoms with Crippen molar-refractivity contribution >= 4 is 23.3 Å². The Morgan fingerprint density at radius 2 is 1.94 bits per heavy atom. The number of likely N-dealkylation sites (tertiary alicyclic amines) is 1. The van der Waals surface area contributed by atoms with Gasteiger partial charge in [-0.3, -0.25) is 9.69 Å². The first-order chi connectivity index (χ1) is 14.9. The van der Waals surface area contributed by atoms with Gasteiger partial charge in [0, 0.05) is 50.4 Å². The molecule has 1 saturated heterocycles. The summed E-state index contributed by atoms with van der Waals surface area (Å²) in [7, 11) is 1.53. The van der Waals surface area contributed by atoms with Gasteiger partial charge >= 0.3 is 6.03 Å². The summed E-state index contributed by atoms with van der Waals surface area (Å²) in [6.07, 6.45) is 0.948. The zero-order chi connectivity index (χ0) is 22.4. The number of anilines is 2. The molecule has 2 aromatic rings. The predicted molar refractivity (Wildman–Crippen MR) is 124 cm³/mol. The number of carbonyl (C=O) groups excluding carboxylic acids is 2. The third kappa shape index (κ3) is 5.55. The molecule has 31 heavy (non-hydrogen) atoms. The fraction of sp³-hybridized carbons (Fsp3) is 0.417. The predicted octanol–water partition coefficient (Wildman–Crippen LogP) is 4.34. The van der Waals surface area contributed by atoms with Crippen LogP contribution < -0.4 is 15.4 Å². The van der Waals surface area contributed by atoms with Crippen LogP contribution in [-0.2, 0) is 4.79 Å². The Bertz CT molecular complexity index is 903. The molecule has 1 fully saturated rings. The zero-order valence-corrected chi connectivity index (χ0v) is 18.7. The summed E-state index contributed by atoms with van der Waals surface area (Å²) >= 11 is 0. The van der Waals surface area contributed by atoms with Crippen molar-refractivity contribution in [2.45, 2.75) is 39.3 Å². The summed E-state index contributed by atoms with van der Waals surface area (Å²) in [5.41, 5.74) is 2.49. The van der Waals surface area contributed by atoms with E-state index in [9.17, 15) is 9.59 Å². The van der Waals surface area contributed by atoms with Gasteiger partial charge in [0.05, 0.1) is 12.8 Å². The maximum absolute atomic E-state index is 13.0. The molecule has 7 nitrogen and oxygen atoms in total. The molecule has 1 aliphatic heterocycles. The smallest absolute Gasteiger partial charge is 0.322 e. The van der Waals surface area contributed by atoms with Crippen molar-refractivity contribution in [1.82, 2.24) is 9.80 Å². The monoisotopic (exact) mass is 424 g/mol. The van der Waals surface area contributed by atoms with Crippen molar-refractivity contribution in [3.8, 4) is 5.75 Å². The Morgan fingerprint density at radius 1 is 1.19 bits per heavy atom. The van der Waals surface area contributed by atoms with E-state index in [0.29, 0.717) is 29.7 Å². The SMILES string of the molecule is CCN(C(=O)Nc1ccc(NC(C)=O)c(OC)c1)[C@H]1CCN([C@@H](C)c2ccccc2)C1. The van der Waals surface area contributed by atoms with Crippen LogP contribution in [0.2, 0.25) is 0 Å². The summed E-state index contributed by atoms with van der Waals surface area (Å²) < 4.78 is 5.35. The first-order valence-corrected chi connectivity index (χ1v) is 10.7. The Morgan fingerprint density at radius 3 is 2.58 bits per heavy atom. The van der Waals surface area contributed by atoms with E-state index in [1.807, 2.05) is 17.9 Å². The highest BCUT2D eigenvalue weighted by molar-refractivity contribution is 5.93. The van der Waals surface area contributed by atoms with Gasteiger partial charge in [-0.15, -0.1) is 0 Å². The molecule has 166 valence electrons. The molecule has 0 unspecified atom stereocenters. The molecule has 2 aromatic carbocycles. The highest BCUT2D eigenvalue weighted by Gasteiger charge is 2.32. The van der Waals surface area contributed by atoms with E-state index in [4.69, 9.17) is 4.74 Å². The topological polar surface area (TPSA) is 73.9 Å². The maximum Gasteiger partial charge on any atom is 0.322 e. The number of rotatable bonds is 7. The summed E-state index contributed by atoms with van der Waals surface area (Å²) in [5, 5.41) is 5.70. The van der Waals surface area contributed by atoms with Gasteiger partial charge in [0.25, 0.3) is 0 Å². The summed E-state index contributed by atoms with van der Waals surface area (Å²) in [6, 6.07) is 16.0. The van der Waals surface area contributed by atoms with Crippen LogP contribution in [0, 0.1) is 0 Å². The van der Waals surface area contributed by atoms with Crippen molar-refractivity contribution in [3.05, 3.63) is 54.1 Å². The zero-order valence-electron chi connectivity index (χ0n) is 18.7. The number of nitrogens with zero attached hydrogens (tertiary/aromatic N) is 2. The van der Waals surface area contributed by atoms with Gasteiger partial charge in [-0.2, -0.15) is 0 Å². The van der Waals surface area contributed by atoms with E-state index in [1.54, 1.807) is 18.2 Å². The van der Waals surface area contributed by atoms with E-state index < -0.39 is 0 Å². The number of benzene rings is 2. The van der Waals surface area contributed by atoms with Gasteiger partial charge in [0.15, 0.2) is 0 Å². The van der Waals surface area contributed by atoms with Crippen LogP contribution in [0.4, 0.5) is 16.2 Å². The largest absolute Gasteiger partial charge is 0.494 e. The average Bonchev–Trinajstić information content (AvgIpc) is 3.24. The highest BCUT2D eigenvalue weighted by atomic mass is 16.5. The third-order valence-corrected chi connectivity index (χ3v) is 5.83. The average molecular weight is 425 g/mol. The molecule has 3 rings (SSSR count). The molecule has 0 aromatic heterocycles. The molecule has 7 heteroatoms. The second-order valence-corrected chi connectivity index (χ2v) is 7.84. The molecular weight excluding hydrogens is 392 g/mol. The molecule has 0 saturated carbocycles. The first-order valence-electron chi connectivity index (χ1n) is 10.7. The summed E-state index contributed by atoms with van der Waals surface area (Å²) in [6.45, 7) is 8.11. The highest BCUT2D eigenvalue weighted by Crippen LogP contribution is 2.29. The summed E-state index contributed by atoms with van der Waals surface area (Å²) in [4.78, 5) is 28.7. The van der Waals surface area contributed by atoms with E-state index in [-0.39, 0.29) is 18.0 Å². The van der Waals surface area contributed by atoms with E-state index in [2.05, 4.69) is 46.7 Å². The van der Waals surface area contributed by atoms with Gasteiger partial charge in [-0.05, 0) is 38.0 Å². The molecule has 2 atom stereocenters. The molecule has 0 spiro atoms. The lowest BCUT2D eigenvalue weighted by Crippen LogP contribution is -2.44. The molecule has 0 radical (unpaired) electrons. The number of methoxy groups -OCH3 is 1. The summed E-state index contributed by atoms with van der Waals surface area (Å²) in [5.74, 6) is 0.322. The number of hydrogen-bond acceptors (Lipinski definition) is 4. The van der Waals surface area contributed by atoms with E-state index >= 15 is 0 Å². The van der Waals surface area contributed by atoms with Crippen molar-refractivity contribution < 1.29 is 14.3 Å². The number of nitrogens with one attached hydrogen (secondary N) is 2. The van der Waals surface area contributed by atoms with Crippen molar-refractivity contribution in [1.29, 1.82) is 0 Å². The lowest BCUT2D eigenvalue weighted by Gasteiger charge is -2.30. The minimum Gasteiger partial charge on any atom is -0.494 e. The van der Waals surface area contributed by atoms with Crippen LogP contribution >= 0.6 is 0 Å². The molecule has 2 N–H and O–H groups in total. The van der Waals surface area contributed by atoms with Gasteiger partial charge in [0.1, 0.15) is 5.75 Å². The standard InChI is InChI=1S/C24H32N4O3/c1-5-28(21-13-14-27(16-21)17(2)19-9-7-6-8-10-19)24(30)26-20-11-12-22(25-18(3)29)23(15-20)31-4/h6-12,15,17,21H,5,13-14,16H2,1-4H3,(H,25,29)(H,26,30)/t17-,21-/m0/s1. The van der Waals surface area contributed by atoms with Crippen molar-refractivity contribution in [2.24, 2.45) is 0 Å². The fourth-order valence-corrected chi connectivity index (χ4v) is 4.14. The Balaban J connectivity index is 1.65. The normalized spacial score (nSPS) is 17.1.